The standard InChI is InChI=1S/C28H33ClF3N2O2/c1-5-9-10-20-21(15-33-26-22(20)16-34(26)27(36)18(6-2)7-3)25(35)19(8-4)13-17-11-12-24(29)23(14-17)28(30,31)32/h11-12,14-16,18-19H,5-10,13H2,1-4H3/q+1. The maximum Gasteiger partial charge on any atom is 0.417 e. The highest BCUT2D eigenvalue weighted by Gasteiger charge is 2.35. The SMILES string of the molecule is CCCCc1c(C(=O)C(CC)Cc2ccc(Cl)c(C(F)(F)F)c2)cnc2c1=C[N+]=2C(=O)C(CC)CC. The number of rotatable bonds is 11. The van der Waals surface area contributed by atoms with Crippen molar-refractivity contribution >= 4 is 29.5 Å². The highest BCUT2D eigenvalue weighted by atomic mass is 35.5. The van der Waals surface area contributed by atoms with E-state index in [1.807, 2.05) is 20.8 Å². The van der Waals surface area contributed by atoms with Crippen LogP contribution in [0.1, 0.15) is 86.8 Å². The molecule has 0 radical (unpaired) electrons. The second-order valence-corrected chi connectivity index (χ2v) is 9.73. The predicted molar refractivity (Wildman–Crippen MR) is 135 cm³/mol. The van der Waals surface area contributed by atoms with Gasteiger partial charge in [-0.15, -0.1) is 0 Å². The smallest absolute Gasteiger partial charge is 0.294 e. The van der Waals surface area contributed by atoms with E-state index in [0.29, 0.717) is 29.5 Å². The number of ketones is 1. The van der Waals surface area contributed by atoms with Crippen LogP contribution >= 0.6 is 11.6 Å². The first kappa shape index (κ1) is 28.0. The maximum absolute atomic E-state index is 13.6. The minimum Gasteiger partial charge on any atom is -0.294 e. The third-order valence-corrected chi connectivity index (χ3v) is 7.32. The number of benzene rings is 1. The lowest BCUT2D eigenvalue weighted by Crippen LogP contribution is -2.55. The summed E-state index contributed by atoms with van der Waals surface area (Å²) in [6.07, 6.45) is 3.35. The zero-order chi connectivity index (χ0) is 26.6. The Hall–Kier alpha value is -2.54. The molecule has 1 unspecified atom stereocenters. The van der Waals surface area contributed by atoms with Gasteiger partial charge in [0.05, 0.1) is 22.1 Å². The van der Waals surface area contributed by atoms with Crippen molar-refractivity contribution in [2.45, 2.75) is 78.8 Å². The molecule has 0 bridgehead atoms. The van der Waals surface area contributed by atoms with Crippen molar-refractivity contribution in [3.8, 4) is 0 Å². The molecule has 2 aromatic rings. The van der Waals surface area contributed by atoms with Crippen molar-refractivity contribution < 1.29 is 22.8 Å². The van der Waals surface area contributed by atoms with Gasteiger partial charge in [0, 0.05) is 5.92 Å². The Balaban J connectivity index is 1.98. The zero-order valence-corrected chi connectivity index (χ0v) is 22.0. The van der Waals surface area contributed by atoms with E-state index in [9.17, 15) is 22.8 Å². The molecule has 194 valence electrons. The molecular formula is C28H33ClF3N2O2+. The topological polar surface area (TPSA) is 50.0 Å². The Bertz CT molecular complexity index is 1270. The van der Waals surface area contributed by atoms with Crippen LogP contribution in [0, 0.1) is 11.8 Å². The quantitative estimate of drug-likeness (QED) is 0.279. The van der Waals surface area contributed by atoms with Crippen LogP contribution in [0.4, 0.5) is 13.2 Å². The molecule has 0 spiro atoms. The van der Waals surface area contributed by atoms with Crippen molar-refractivity contribution in [3.63, 3.8) is 0 Å². The van der Waals surface area contributed by atoms with E-state index in [2.05, 4.69) is 11.9 Å². The van der Waals surface area contributed by atoms with Gasteiger partial charge >= 0.3 is 17.6 Å². The number of carbonyl (C=O) groups excluding carboxylic acids is 2. The van der Waals surface area contributed by atoms with Crippen molar-refractivity contribution in [2.24, 2.45) is 11.8 Å². The van der Waals surface area contributed by atoms with Crippen LogP contribution in [0.5, 0.6) is 0 Å². The van der Waals surface area contributed by atoms with Gasteiger partial charge in [-0.3, -0.25) is 4.79 Å². The van der Waals surface area contributed by atoms with Gasteiger partial charge in [-0.2, -0.15) is 17.7 Å². The van der Waals surface area contributed by atoms with Crippen molar-refractivity contribution in [2.75, 3.05) is 0 Å². The highest BCUT2D eigenvalue weighted by molar-refractivity contribution is 6.31. The van der Waals surface area contributed by atoms with Gasteiger partial charge in [0.25, 0.3) is 0 Å². The maximum atomic E-state index is 13.6. The average Bonchev–Trinajstić information content (AvgIpc) is 2.82. The Kier molecular flexibility index (Phi) is 9.09. The van der Waals surface area contributed by atoms with Crippen molar-refractivity contribution in [3.05, 3.63) is 62.4 Å². The molecule has 1 aliphatic heterocycles. The summed E-state index contributed by atoms with van der Waals surface area (Å²) >= 11 is 5.76. The molecule has 0 fully saturated rings. The molecule has 2 heterocycles. The summed E-state index contributed by atoms with van der Waals surface area (Å²) < 4.78 is 41.6. The van der Waals surface area contributed by atoms with E-state index >= 15 is 0 Å². The normalized spacial score (nSPS) is 13.8. The molecule has 0 saturated heterocycles. The molecule has 0 N–H and O–H groups in total. The van der Waals surface area contributed by atoms with Crippen LogP contribution in [0.15, 0.2) is 24.4 Å². The first-order valence-corrected chi connectivity index (χ1v) is 13.0. The van der Waals surface area contributed by atoms with Crippen molar-refractivity contribution in [1.29, 1.82) is 0 Å². The monoisotopic (exact) mass is 521 g/mol. The van der Waals surface area contributed by atoms with Crippen LogP contribution in [0.3, 0.4) is 0 Å². The number of alkyl halides is 3. The van der Waals surface area contributed by atoms with Crippen LogP contribution < -0.4 is 15.3 Å². The lowest BCUT2D eigenvalue weighted by molar-refractivity contribution is -0.137. The van der Waals surface area contributed by atoms with Crippen LogP contribution in [0.2, 0.25) is 5.02 Å². The van der Waals surface area contributed by atoms with Gasteiger partial charge in [-0.05, 0) is 66.8 Å². The second-order valence-electron chi connectivity index (χ2n) is 9.33. The summed E-state index contributed by atoms with van der Waals surface area (Å²) in [5.41, 5.74) is 1.45. The molecule has 4 nitrogen and oxygen atoms in total. The number of nitrogens with zero attached hydrogens (tertiary/aromatic N) is 2. The number of unbranched alkanes of at least 4 members (excludes halogenated alkanes) is 1. The Morgan fingerprint density at radius 3 is 2.31 bits per heavy atom. The Morgan fingerprint density at radius 2 is 1.72 bits per heavy atom. The van der Waals surface area contributed by atoms with Gasteiger partial charge < -0.3 is 0 Å². The first-order chi connectivity index (χ1) is 17.1. The van der Waals surface area contributed by atoms with E-state index in [1.54, 1.807) is 10.8 Å². The van der Waals surface area contributed by atoms with Gasteiger partial charge in [-0.25, -0.2) is 4.79 Å². The number of halogens is 4. The summed E-state index contributed by atoms with van der Waals surface area (Å²) in [6, 6.07) is 3.80. The second kappa shape index (κ2) is 11.7. The van der Waals surface area contributed by atoms with Crippen LogP contribution in [0.25, 0.3) is 6.20 Å². The summed E-state index contributed by atoms with van der Waals surface area (Å²) in [5, 5.41) is 0.455. The third-order valence-electron chi connectivity index (χ3n) is 6.99. The summed E-state index contributed by atoms with van der Waals surface area (Å²) in [4.78, 5) is 31.0. The first-order valence-electron chi connectivity index (χ1n) is 12.7. The predicted octanol–water partition coefficient (Wildman–Crippen LogP) is 5.75. The number of aromatic nitrogens is 1. The fourth-order valence-electron chi connectivity index (χ4n) is 4.69. The molecule has 1 atom stereocenters. The third kappa shape index (κ3) is 5.72. The van der Waals surface area contributed by atoms with Gasteiger partial charge in [0.1, 0.15) is 11.4 Å². The van der Waals surface area contributed by atoms with Gasteiger partial charge in [0.15, 0.2) is 12.0 Å². The number of carbonyl (C=O) groups is 2. The number of amides is 1. The molecule has 0 saturated carbocycles. The Morgan fingerprint density at radius 1 is 1.06 bits per heavy atom. The number of pyridine rings is 1. The fourth-order valence-corrected chi connectivity index (χ4v) is 4.91. The molecule has 0 aliphatic carbocycles. The van der Waals surface area contributed by atoms with Crippen molar-refractivity contribution in [1.82, 2.24) is 9.56 Å². The highest BCUT2D eigenvalue weighted by Crippen LogP contribution is 2.35. The molecular weight excluding hydrogens is 489 g/mol. The molecule has 36 heavy (non-hydrogen) atoms. The number of fused-ring (bicyclic) bond motifs is 1. The van der Waals surface area contributed by atoms with Crippen LogP contribution in [-0.4, -0.2) is 16.7 Å². The van der Waals surface area contributed by atoms with Crippen LogP contribution in [-0.2, 0) is 23.8 Å². The largest absolute Gasteiger partial charge is 0.417 e. The summed E-state index contributed by atoms with van der Waals surface area (Å²) in [5.74, 6) is -0.715. The number of Topliss-reactive ketones (excluding diaryl/α,β-unsaturated/α-hetero) is 1. The molecule has 1 aromatic heterocycles. The lowest BCUT2D eigenvalue weighted by Gasteiger charge is -2.18. The van der Waals surface area contributed by atoms with E-state index in [1.165, 1.54) is 18.3 Å². The molecule has 3 rings (SSSR count). The Labute approximate surface area is 214 Å². The van der Waals surface area contributed by atoms with E-state index in [-0.39, 0.29) is 29.1 Å². The number of hydrogen-bond acceptors (Lipinski definition) is 3. The van der Waals surface area contributed by atoms with Gasteiger partial charge in [0.2, 0.25) is 0 Å². The molecule has 1 amide bonds. The molecule has 1 aliphatic rings. The average molecular weight is 522 g/mol. The van der Waals surface area contributed by atoms with Gasteiger partial charge in [-0.1, -0.05) is 51.8 Å². The molecule has 1 aromatic carbocycles. The zero-order valence-electron chi connectivity index (χ0n) is 21.2. The summed E-state index contributed by atoms with van der Waals surface area (Å²) in [6.45, 7) is 7.89. The number of hydrogen-bond donors (Lipinski definition) is 0. The van der Waals surface area contributed by atoms with E-state index in [4.69, 9.17) is 11.6 Å². The molecule has 8 heteroatoms. The van der Waals surface area contributed by atoms with E-state index < -0.39 is 17.7 Å². The summed E-state index contributed by atoms with van der Waals surface area (Å²) in [7, 11) is 0. The van der Waals surface area contributed by atoms with E-state index in [0.717, 1.165) is 42.5 Å². The minimum absolute atomic E-state index is 0.00941. The fraction of sp³-hybridized carbons (Fsp3) is 0.500. The lowest BCUT2D eigenvalue weighted by atomic mass is 9.86. The minimum atomic E-state index is -4.56.